The number of methoxy groups -OCH3 is 1. The Morgan fingerprint density at radius 3 is 2.66 bits per heavy atom. The van der Waals surface area contributed by atoms with Gasteiger partial charge in [0, 0.05) is 6.42 Å². The molecule has 0 fully saturated rings. The molecule has 2 aromatic carbocycles. The Labute approximate surface area is 197 Å². The minimum atomic E-state index is -1.03. The molecule has 0 unspecified atom stereocenters. The number of fused-ring (bicyclic) bond motifs is 1. The van der Waals surface area contributed by atoms with Gasteiger partial charge in [0.1, 0.15) is 17.9 Å². The van der Waals surface area contributed by atoms with E-state index in [4.69, 9.17) is 14.6 Å². The molecular weight excluding hydrogens is 459 g/mol. The van der Waals surface area contributed by atoms with Crippen LogP contribution in [-0.2, 0) is 13.0 Å². The standard InChI is InChI=1S/C24H21FN4O6/c1-34-20-12-14(2-8-17(20)25)3-9-19(30)22-27-18-13-26-29(21(18)23(31)28-22)10-11-35-16-6-4-15(5-7-16)24(32)33/h2,4-8,12-13H,3,9-11H2,1H3,(H,32,33)(H,27,28,31). The van der Waals surface area contributed by atoms with E-state index in [1.807, 2.05) is 0 Å². The third-order valence-corrected chi connectivity index (χ3v) is 5.29. The molecule has 0 saturated carbocycles. The lowest BCUT2D eigenvalue weighted by Gasteiger charge is -2.07. The third-order valence-electron chi connectivity index (χ3n) is 5.29. The zero-order valence-corrected chi connectivity index (χ0v) is 18.7. The molecule has 2 N–H and O–H groups in total. The number of carbonyl (C=O) groups excluding carboxylic acids is 1. The number of Topliss-reactive ketones (excluding diaryl/α,β-unsaturated/α-hetero) is 1. The molecule has 0 spiro atoms. The molecule has 0 radical (unpaired) electrons. The molecule has 0 amide bonds. The lowest BCUT2D eigenvalue weighted by molar-refractivity contribution is 0.0696. The highest BCUT2D eigenvalue weighted by molar-refractivity contribution is 5.94. The number of carbonyl (C=O) groups is 2. The second kappa shape index (κ2) is 10.2. The number of ether oxygens (including phenoxy) is 2. The fourth-order valence-corrected chi connectivity index (χ4v) is 3.49. The first kappa shape index (κ1) is 23.6. The maximum atomic E-state index is 13.6. The van der Waals surface area contributed by atoms with Gasteiger partial charge in [-0.15, -0.1) is 0 Å². The number of hydrogen-bond donors (Lipinski definition) is 2. The molecule has 4 aromatic rings. The summed E-state index contributed by atoms with van der Waals surface area (Å²) in [6, 6.07) is 10.3. The van der Waals surface area contributed by atoms with Crippen LogP contribution in [0.3, 0.4) is 0 Å². The van der Waals surface area contributed by atoms with E-state index in [1.54, 1.807) is 18.2 Å². The number of aromatic carboxylic acids is 1. The van der Waals surface area contributed by atoms with Crippen LogP contribution in [-0.4, -0.2) is 50.3 Å². The second-order valence-electron chi connectivity index (χ2n) is 7.59. The molecule has 0 atom stereocenters. The van der Waals surface area contributed by atoms with E-state index in [0.717, 1.165) is 0 Å². The van der Waals surface area contributed by atoms with Crippen LogP contribution < -0.4 is 15.0 Å². The van der Waals surface area contributed by atoms with Crippen molar-refractivity contribution < 1.29 is 28.6 Å². The lowest BCUT2D eigenvalue weighted by Crippen LogP contribution is -2.20. The van der Waals surface area contributed by atoms with Crippen LogP contribution in [0.1, 0.15) is 33.0 Å². The molecule has 2 aromatic heterocycles. The first-order chi connectivity index (χ1) is 16.9. The second-order valence-corrected chi connectivity index (χ2v) is 7.59. The van der Waals surface area contributed by atoms with Crippen LogP contribution >= 0.6 is 0 Å². The SMILES string of the molecule is COc1cc(CCC(=O)c2nc3cnn(CCOc4ccc(C(=O)O)cc4)c3c(=O)[nH]2)ccc1F. The first-order valence-corrected chi connectivity index (χ1v) is 10.6. The fraction of sp³-hybridized carbons (Fsp3) is 0.208. The van der Waals surface area contributed by atoms with E-state index in [9.17, 15) is 18.8 Å². The number of aromatic nitrogens is 4. The molecule has 0 aliphatic carbocycles. The molecule has 35 heavy (non-hydrogen) atoms. The molecule has 10 nitrogen and oxygen atoms in total. The summed E-state index contributed by atoms with van der Waals surface area (Å²) in [5.41, 5.74) is 0.826. The number of carboxylic acid groups (broad SMARTS) is 1. The fourth-order valence-electron chi connectivity index (χ4n) is 3.49. The van der Waals surface area contributed by atoms with Crippen molar-refractivity contribution in [1.82, 2.24) is 19.7 Å². The minimum absolute atomic E-state index is 0.0614. The van der Waals surface area contributed by atoms with Crippen molar-refractivity contribution in [2.75, 3.05) is 13.7 Å². The monoisotopic (exact) mass is 480 g/mol. The van der Waals surface area contributed by atoms with Gasteiger partial charge in [-0.05, 0) is 48.4 Å². The Bertz CT molecular complexity index is 1440. The molecule has 0 bridgehead atoms. The van der Waals surface area contributed by atoms with E-state index in [0.29, 0.717) is 17.7 Å². The number of aryl methyl sites for hydroxylation is 1. The number of nitrogens with zero attached hydrogens (tertiary/aromatic N) is 3. The van der Waals surface area contributed by atoms with E-state index in [1.165, 1.54) is 42.3 Å². The van der Waals surface area contributed by atoms with Crippen molar-refractivity contribution in [1.29, 1.82) is 0 Å². The van der Waals surface area contributed by atoms with E-state index in [2.05, 4.69) is 15.1 Å². The topological polar surface area (TPSA) is 136 Å². The number of carboxylic acids is 1. The van der Waals surface area contributed by atoms with Crippen molar-refractivity contribution in [2.45, 2.75) is 19.4 Å². The zero-order valence-electron chi connectivity index (χ0n) is 18.7. The number of benzene rings is 2. The van der Waals surface area contributed by atoms with Crippen molar-refractivity contribution in [2.24, 2.45) is 0 Å². The number of aromatic amines is 1. The molecule has 2 heterocycles. The number of nitrogens with one attached hydrogen (secondary N) is 1. The van der Waals surface area contributed by atoms with Crippen molar-refractivity contribution in [3.8, 4) is 11.5 Å². The van der Waals surface area contributed by atoms with E-state index < -0.39 is 17.3 Å². The summed E-state index contributed by atoms with van der Waals surface area (Å²) in [5.74, 6) is -1.39. The molecule has 4 rings (SSSR count). The van der Waals surface area contributed by atoms with Crippen molar-refractivity contribution >= 4 is 22.8 Å². The van der Waals surface area contributed by atoms with Crippen molar-refractivity contribution in [3.63, 3.8) is 0 Å². The first-order valence-electron chi connectivity index (χ1n) is 10.6. The number of H-pyrrole nitrogens is 1. The maximum absolute atomic E-state index is 13.6. The van der Waals surface area contributed by atoms with Gasteiger partial charge in [-0.2, -0.15) is 5.10 Å². The number of rotatable bonds is 10. The Kier molecular flexibility index (Phi) is 6.86. The minimum Gasteiger partial charge on any atom is -0.494 e. The highest BCUT2D eigenvalue weighted by atomic mass is 19.1. The van der Waals surface area contributed by atoms with Crippen molar-refractivity contribution in [3.05, 3.63) is 81.8 Å². The summed E-state index contributed by atoms with van der Waals surface area (Å²) >= 11 is 0. The summed E-state index contributed by atoms with van der Waals surface area (Å²) in [4.78, 5) is 42.9. The Hall–Kier alpha value is -4.54. The van der Waals surface area contributed by atoms with Gasteiger partial charge in [0.15, 0.2) is 28.7 Å². The van der Waals surface area contributed by atoms with Crippen LogP contribution in [0, 0.1) is 5.82 Å². The third kappa shape index (κ3) is 5.35. The Balaban J connectivity index is 1.41. The van der Waals surface area contributed by atoms with Gasteiger partial charge in [0.25, 0.3) is 5.56 Å². The van der Waals surface area contributed by atoms with E-state index >= 15 is 0 Å². The predicted octanol–water partition coefficient (Wildman–Crippen LogP) is 2.86. The average molecular weight is 480 g/mol. The molecule has 11 heteroatoms. The van der Waals surface area contributed by atoms with Crippen LogP contribution in [0.25, 0.3) is 11.0 Å². The smallest absolute Gasteiger partial charge is 0.335 e. The summed E-state index contributed by atoms with van der Waals surface area (Å²) in [6.45, 7) is 0.402. The predicted molar refractivity (Wildman–Crippen MR) is 123 cm³/mol. The largest absolute Gasteiger partial charge is 0.494 e. The van der Waals surface area contributed by atoms with Crippen LogP contribution in [0.2, 0.25) is 0 Å². The zero-order chi connectivity index (χ0) is 24.9. The van der Waals surface area contributed by atoms with Crippen LogP contribution in [0.4, 0.5) is 4.39 Å². The van der Waals surface area contributed by atoms with Crippen LogP contribution in [0.15, 0.2) is 53.5 Å². The summed E-state index contributed by atoms with van der Waals surface area (Å²) < 4.78 is 25.5. The van der Waals surface area contributed by atoms with E-state index in [-0.39, 0.29) is 53.5 Å². The Morgan fingerprint density at radius 1 is 1.17 bits per heavy atom. The highest BCUT2D eigenvalue weighted by Gasteiger charge is 2.16. The highest BCUT2D eigenvalue weighted by Crippen LogP contribution is 2.19. The molecular formula is C24H21FN4O6. The summed E-state index contributed by atoms with van der Waals surface area (Å²) in [6.07, 6.45) is 1.78. The molecule has 180 valence electrons. The van der Waals surface area contributed by atoms with Crippen LogP contribution in [0.5, 0.6) is 11.5 Å². The van der Waals surface area contributed by atoms with Gasteiger partial charge >= 0.3 is 5.97 Å². The number of hydrogen-bond acceptors (Lipinski definition) is 7. The normalized spacial score (nSPS) is 10.9. The average Bonchev–Trinajstić information content (AvgIpc) is 3.27. The summed E-state index contributed by atoms with van der Waals surface area (Å²) in [5, 5.41) is 13.1. The maximum Gasteiger partial charge on any atom is 0.335 e. The van der Waals surface area contributed by atoms with Gasteiger partial charge in [-0.1, -0.05) is 6.07 Å². The molecule has 0 saturated heterocycles. The number of halogens is 1. The summed E-state index contributed by atoms with van der Waals surface area (Å²) in [7, 11) is 1.36. The van der Waals surface area contributed by atoms with Gasteiger partial charge in [-0.3, -0.25) is 14.3 Å². The van der Waals surface area contributed by atoms with Gasteiger partial charge in [0.2, 0.25) is 0 Å². The molecule has 0 aliphatic heterocycles. The van der Waals surface area contributed by atoms with Gasteiger partial charge in [-0.25, -0.2) is 14.2 Å². The lowest BCUT2D eigenvalue weighted by atomic mass is 10.1. The van der Waals surface area contributed by atoms with Gasteiger partial charge < -0.3 is 19.6 Å². The Morgan fingerprint density at radius 2 is 1.94 bits per heavy atom. The van der Waals surface area contributed by atoms with Gasteiger partial charge in [0.05, 0.1) is 25.4 Å². The quantitative estimate of drug-likeness (QED) is 0.331. The number of ketones is 1. The molecule has 0 aliphatic rings.